The fraction of sp³-hybridized carbons (Fsp3) is 0.600. The Morgan fingerprint density at radius 1 is 1.61 bits per heavy atom. The van der Waals surface area contributed by atoms with Crippen LogP contribution in [0.1, 0.15) is 6.92 Å². The van der Waals surface area contributed by atoms with Gasteiger partial charge in [0.25, 0.3) is 5.88 Å². The van der Waals surface area contributed by atoms with Crippen LogP contribution in [-0.2, 0) is 0 Å². The number of methoxy groups -OCH3 is 1. The number of hydrogen-bond acceptors (Lipinski definition) is 7. The molecule has 1 aromatic rings. The van der Waals surface area contributed by atoms with E-state index in [2.05, 4.69) is 15.3 Å². The van der Waals surface area contributed by atoms with E-state index in [0.717, 1.165) is 13.1 Å². The predicted octanol–water partition coefficient (Wildman–Crippen LogP) is 0.191. The van der Waals surface area contributed by atoms with Gasteiger partial charge in [0, 0.05) is 19.6 Å². The molecule has 0 aromatic carbocycles. The molecule has 2 rings (SSSR count). The van der Waals surface area contributed by atoms with Gasteiger partial charge in [-0.2, -0.15) is 4.98 Å². The van der Waals surface area contributed by atoms with Gasteiger partial charge in [0.05, 0.1) is 18.1 Å². The van der Waals surface area contributed by atoms with E-state index in [1.54, 1.807) is 0 Å². The van der Waals surface area contributed by atoms with Gasteiger partial charge in [-0.05, 0) is 6.92 Å². The zero-order chi connectivity index (χ0) is 13.1. The molecule has 1 saturated heterocycles. The van der Waals surface area contributed by atoms with Crippen molar-refractivity contribution < 1.29 is 9.66 Å². The van der Waals surface area contributed by atoms with Crippen LogP contribution in [0, 0.1) is 10.1 Å². The van der Waals surface area contributed by atoms with E-state index in [9.17, 15) is 10.1 Å². The Hall–Kier alpha value is -1.96. The average molecular weight is 253 g/mol. The fourth-order valence-corrected chi connectivity index (χ4v) is 1.95. The summed E-state index contributed by atoms with van der Waals surface area (Å²) in [6.07, 6.45) is 1.29. The molecule has 0 radical (unpaired) electrons. The summed E-state index contributed by atoms with van der Waals surface area (Å²) in [7, 11) is 1.36. The number of rotatable bonds is 5. The Morgan fingerprint density at radius 3 is 2.78 bits per heavy atom. The second-order valence-corrected chi connectivity index (χ2v) is 3.91. The van der Waals surface area contributed by atoms with Gasteiger partial charge in [-0.25, -0.2) is 4.98 Å². The molecule has 1 aromatic heterocycles. The van der Waals surface area contributed by atoms with Gasteiger partial charge in [0.1, 0.15) is 6.33 Å². The molecule has 0 saturated carbocycles. The van der Waals surface area contributed by atoms with Crippen LogP contribution < -0.4 is 15.0 Å². The molecule has 2 heterocycles. The van der Waals surface area contributed by atoms with E-state index in [0.29, 0.717) is 12.4 Å². The van der Waals surface area contributed by atoms with Gasteiger partial charge in [0.15, 0.2) is 0 Å². The minimum Gasteiger partial charge on any atom is -0.476 e. The molecule has 0 aliphatic carbocycles. The molecule has 8 heteroatoms. The minimum absolute atomic E-state index is 0.00395. The van der Waals surface area contributed by atoms with Crippen molar-refractivity contribution in [1.29, 1.82) is 0 Å². The topological polar surface area (TPSA) is 93.4 Å². The molecule has 1 aliphatic rings. The van der Waals surface area contributed by atoms with E-state index in [1.807, 2.05) is 11.8 Å². The molecule has 0 atom stereocenters. The summed E-state index contributed by atoms with van der Waals surface area (Å²) in [4.78, 5) is 20.4. The molecule has 0 bridgehead atoms. The summed E-state index contributed by atoms with van der Waals surface area (Å²) in [6.45, 7) is 4.19. The molecule has 0 unspecified atom stereocenters. The average Bonchev–Trinajstić information content (AvgIpc) is 2.32. The van der Waals surface area contributed by atoms with E-state index in [1.165, 1.54) is 13.4 Å². The lowest BCUT2D eigenvalue weighted by Gasteiger charge is -2.37. The molecular weight excluding hydrogens is 238 g/mol. The highest BCUT2D eigenvalue weighted by atomic mass is 16.6. The van der Waals surface area contributed by atoms with Gasteiger partial charge >= 0.3 is 5.69 Å². The van der Waals surface area contributed by atoms with Crippen LogP contribution in [0.2, 0.25) is 0 Å². The highest BCUT2D eigenvalue weighted by Gasteiger charge is 2.33. The zero-order valence-corrected chi connectivity index (χ0v) is 10.3. The first kappa shape index (κ1) is 12.5. The maximum atomic E-state index is 11.2. The van der Waals surface area contributed by atoms with Gasteiger partial charge < -0.3 is 15.0 Å². The Labute approximate surface area is 104 Å². The quantitative estimate of drug-likeness (QED) is 0.591. The lowest BCUT2D eigenvalue weighted by atomic mass is 10.1. The van der Waals surface area contributed by atoms with Crippen LogP contribution >= 0.6 is 0 Å². The first-order valence-electron chi connectivity index (χ1n) is 5.69. The van der Waals surface area contributed by atoms with Crippen molar-refractivity contribution >= 4 is 11.5 Å². The zero-order valence-electron chi connectivity index (χ0n) is 10.3. The lowest BCUT2D eigenvalue weighted by molar-refractivity contribution is -0.385. The van der Waals surface area contributed by atoms with Crippen molar-refractivity contribution in [3.63, 3.8) is 0 Å². The monoisotopic (exact) mass is 253 g/mol. The largest absolute Gasteiger partial charge is 0.476 e. The predicted molar refractivity (Wildman–Crippen MR) is 64.9 cm³/mol. The number of aromatic nitrogens is 2. The van der Waals surface area contributed by atoms with Crippen LogP contribution in [0.25, 0.3) is 0 Å². The number of nitro groups is 1. The molecule has 1 aliphatic heterocycles. The van der Waals surface area contributed by atoms with Gasteiger partial charge in [-0.3, -0.25) is 10.1 Å². The SMILES string of the molecule is CCN(c1ncnc(OC)c1[N+](=O)[O-])C1CNC1. The minimum atomic E-state index is -0.497. The standard InChI is InChI=1S/C10H15N5O3/c1-3-14(7-4-11-5-7)9-8(15(16)17)10(18-2)13-6-12-9/h6-7,11H,3-5H2,1-2H3. The van der Waals surface area contributed by atoms with Gasteiger partial charge in [-0.15, -0.1) is 0 Å². The molecule has 98 valence electrons. The Morgan fingerprint density at radius 2 is 2.33 bits per heavy atom. The third-order valence-corrected chi connectivity index (χ3v) is 2.96. The van der Waals surface area contributed by atoms with Crippen molar-refractivity contribution in [3.05, 3.63) is 16.4 Å². The first-order valence-corrected chi connectivity index (χ1v) is 5.69. The van der Waals surface area contributed by atoms with Crippen molar-refractivity contribution in [2.24, 2.45) is 0 Å². The number of ether oxygens (including phenoxy) is 1. The maximum Gasteiger partial charge on any atom is 0.372 e. The molecule has 1 N–H and O–H groups in total. The fourth-order valence-electron chi connectivity index (χ4n) is 1.95. The van der Waals surface area contributed by atoms with Crippen LogP contribution in [0.15, 0.2) is 6.33 Å². The van der Waals surface area contributed by atoms with Crippen molar-refractivity contribution in [2.45, 2.75) is 13.0 Å². The van der Waals surface area contributed by atoms with E-state index in [4.69, 9.17) is 4.74 Å². The summed E-state index contributed by atoms with van der Waals surface area (Å²) >= 11 is 0. The second-order valence-electron chi connectivity index (χ2n) is 3.91. The summed E-state index contributed by atoms with van der Waals surface area (Å²) in [6, 6.07) is 0.230. The van der Waals surface area contributed by atoms with Crippen molar-refractivity contribution in [1.82, 2.24) is 15.3 Å². The van der Waals surface area contributed by atoms with Gasteiger partial charge in [-0.1, -0.05) is 0 Å². The first-order chi connectivity index (χ1) is 8.69. The van der Waals surface area contributed by atoms with E-state index in [-0.39, 0.29) is 17.6 Å². The third-order valence-electron chi connectivity index (χ3n) is 2.96. The molecule has 0 amide bonds. The molecular formula is C10H15N5O3. The highest BCUT2D eigenvalue weighted by Crippen LogP contribution is 2.34. The number of likely N-dealkylation sites (N-methyl/N-ethyl adjacent to an activating group) is 1. The van der Waals surface area contributed by atoms with Crippen LogP contribution in [0.4, 0.5) is 11.5 Å². The Kier molecular flexibility index (Phi) is 3.56. The number of nitrogens with one attached hydrogen (secondary N) is 1. The molecule has 1 fully saturated rings. The third kappa shape index (κ3) is 2.06. The number of hydrogen-bond donors (Lipinski definition) is 1. The summed E-state index contributed by atoms with van der Waals surface area (Å²) in [5.41, 5.74) is -0.172. The smallest absolute Gasteiger partial charge is 0.372 e. The Balaban J connectivity index is 2.44. The number of anilines is 1. The summed E-state index contributed by atoms with van der Waals surface area (Å²) in [5, 5.41) is 14.3. The normalized spacial score (nSPS) is 15.0. The van der Waals surface area contributed by atoms with E-state index < -0.39 is 4.92 Å². The maximum absolute atomic E-state index is 11.2. The lowest BCUT2D eigenvalue weighted by Crippen LogP contribution is -2.57. The highest BCUT2D eigenvalue weighted by molar-refractivity contribution is 5.63. The van der Waals surface area contributed by atoms with Gasteiger partial charge in [0.2, 0.25) is 5.82 Å². The van der Waals surface area contributed by atoms with Crippen LogP contribution in [-0.4, -0.2) is 47.7 Å². The summed E-state index contributed by atoms with van der Waals surface area (Å²) in [5.74, 6) is 0.316. The van der Waals surface area contributed by atoms with Crippen molar-refractivity contribution in [3.8, 4) is 5.88 Å². The molecule has 0 spiro atoms. The van der Waals surface area contributed by atoms with E-state index >= 15 is 0 Å². The second kappa shape index (κ2) is 5.13. The van der Waals surface area contributed by atoms with Crippen LogP contribution in [0.5, 0.6) is 5.88 Å². The van der Waals surface area contributed by atoms with Crippen LogP contribution in [0.3, 0.4) is 0 Å². The number of nitrogens with zero attached hydrogens (tertiary/aromatic N) is 4. The Bertz CT molecular complexity index is 449. The molecule has 18 heavy (non-hydrogen) atoms. The molecule has 8 nitrogen and oxygen atoms in total. The van der Waals surface area contributed by atoms with Crippen molar-refractivity contribution in [2.75, 3.05) is 31.6 Å². The summed E-state index contributed by atoms with van der Waals surface area (Å²) < 4.78 is 4.94.